The van der Waals surface area contributed by atoms with Crippen molar-refractivity contribution >= 4 is 11.8 Å². The fourth-order valence-electron chi connectivity index (χ4n) is 1.87. The highest BCUT2D eigenvalue weighted by atomic mass is 16.4. The minimum atomic E-state index is -1.01. The first kappa shape index (κ1) is 13.9. The zero-order chi connectivity index (χ0) is 14.7. The van der Waals surface area contributed by atoms with Gasteiger partial charge in [-0.05, 0) is 38.5 Å². The predicted molar refractivity (Wildman–Crippen MR) is 74.8 cm³/mol. The van der Waals surface area contributed by atoms with Crippen molar-refractivity contribution in [3.05, 3.63) is 46.4 Å². The SMILES string of the molecule is Cc1cccc(CNc2nnc(C)c(C)c2C(=O)O)n1. The van der Waals surface area contributed by atoms with Gasteiger partial charge in [0, 0.05) is 5.69 Å². The summed E-state index contributed by atoms with van der Waals surface area (Å²) in [6, 6.07) is 5.68. The Morgan fingerprint density at radius 1 is 1.25 bits per heavy atom. The van der Waals surface area contributed by atoms with Gasteiger partial charge in [0.05, 0.1) is 17.9 Å². The Morgan fingerprint density at radius 3 is 2.65 bits per heavy atom. The monoisotopic (exact) mass is 272 g/mol. The third-order valence-electron chi connectivity index (χ3n) is 3.05. The van der Waals surface area contributed by atoms with E-state index in [1.54, 1.807) is 13.8 Å². The molecule has 2 N–H and O–H groups in total. The number of nitrogens with zero attached hydrogens (tertiary/aromatic N) is 3. The summed E-state index contributed by atoms with van der Waals surface area (Å²) in [5, 5.41) is 20.2. The molecule has 2 heterocycles. The molecule has 104 valence electrons. The summed E-state index contributed by atoms with van der Waals surface area (Å²) in [7, 11) is 0. The van der Waals surface area contributed by atoms with E-state index < -0.39 is 5.97 Å². The quantitative estimate of drug-likeness (QED) is 0.886. The molecule has 2 aromatic rings. The summed E-state index contributed by atoms with van der Waals surface area (Å²) >= 11 is 0. The Kier molecular flexibility index (Phi) is 3.93. The molecule has 0 bridgehead atoms. The average molecular weight is 272 g/mol. The molecule has 0 aromatic carbocycles. The van der Waals surface area contributed by atoms with Crippen molar-refractivity contribution < 1.29 is 9.90 Å². The van der Waals surface area contributed by atoms with Crippen molar-refractivity contribution in [1.82, 2.24) is 15.2 Å². The summed E-state index contributed by atoms with van der Waals surface area (Å²) in [4.78, 5) is 15.7. The van der Waals surface area contributed by atoms with Crippen LogP contribution in [0.3, 0.4) is 0 Å². The minimum absolute atomic E-state index is 0.158. The number of carboxylic acid groups (broad SMARTS) is 1. The molecule has 0 saturated heterocycles. The second kappa shape index (κ2) is 5.64. The molecule has 0 fully saturated rings. The number of hydrogen-bond donors (Lipinski definition) is 2. The highest BCUT2D eigenvalue weighted by Crippen LogP contribution is 2.18. The lowest BCUT2D eigenvalue weighted by Gasteiger charge is -2.11. The Labute approximate surface area is 116 Å². The van der Waals surface area contributed by atoms with E-state index in [-0.39, 0.29) is 11.4 Å². The van der Waals surface area contributed by atoms with Gasteiger partial charge in [-0.3, -0.25) is 4.98 Å². The molecule has 0 aliphatic carbocycles. The number of aromatic nitrogens is 3. The first-order valence-corrected chi connectivity index (χ1v) is 6.22. The van der Waals surface area contributed by atoms with Crippen molar-refractivity contribution in [2.75, 3.05) is 5.32 Å². The van der Waals surface area contributed by atoms with Gasteiger partial charge in [-0.2, -0.15) is 5.10 Å². The van der Waals surface area contributed by atoms with Gasteiger partial charge < -0.3 is 10.4 Å². The first-order valence-electron chi connectivity index (χ1n) is 6.22. The van der Waals surface area contributed by atoms with E-state index in [0.29, 0.717) is 17.8 Å². The van der Waals surface area contributed by atoms with Gasteiger partial charge >= 0.3 is 5.97 Å². The summed E-state index contributed by atoms with van der Waals surface area (Å²) in [6.45, 7) is 5.77. The number of carbonyl (C=O) groups is 1. The molecule has 2 rings (SSSR count). The van der Waals surface area contributed by atoms with E-state index in [0.717, 1.165) is 11.4 Å². The zero-order valence-electron chi connectivity index (χ0n) is 11.6. The third-order valence-corrected chi connectivity index (χ3v) is 3.05. The van der Waals surface area contributed by atoms with Crippen LogP contribution in [0.5, 0.6) is 0 Å². The Morgan fingerprint density at radius 2 is 2.00 bits per heavy atom. The van der Waals surface area contributed by atoms with Crippen molar-refractivity contribution in [3.8, 4) is 0 Å². The molecule has 0 unspecified atom stereocenters. The zero-order valence-corrected chi connectivity index (χ0v) is 11.6. The number of anilines is 1. The molecular weight excluding hydrogens is 256 g/mol. The minimum Gasteiger partial charge on any atom is -0.478 e. The van der Waals surface area contributed by atoms with Crippen LogP contribution in [0.1, 0.15) is 33.0 Å². The number of nitrogens with one attached hydrogen (secondary N) is 1. The van der Waals surface area contributed by atoms with E-state index in [2.05, 4.69) is 20.5 Å². The Hall–Kier alpha value is -2.50. The van der Waals surface area contributed by atoms with Crippen LogP contribution in [0.2, 0.25) is 0 Å². The van der Waals surface area contributed by atoms with Crippen LogP contribution >= 0.6 is 0 Å². The fraction of sp³-hybridized carbons (Fsp3) is 0.286. The van der Waals surface area contributed by atoms with E-state index in [9.17, 15) is 9.90 Å². The molecule has 0 radical (unpaired) electrons. The van der Waals surface area contributed by atoms with E-state index >= 15 is 0 Å². The topological polar surface area (TPSA) is 88.0 Å². The third kappa shape index (κ3) is 2.90. The standard InChI is InChI=1S/C14H16N4O2/c1-8-5-4-6-11(16-8)7-15-13-12(14(19)20)9(2)10(3)17-18-13/h4-6H,7H2,1-3H3,(H,15,18)(H,19,20). The van der Waals surface area contributed by atoms with E-state index in [4.69, 9.17) is 0 Å². The summed E-state index contributed by atoms with van der Waals surface area (Å²) < 4.78 is 0. The largest absolute Gasteiger partial charge is 0.478 e. The molecule has 0 atom stereocenters. The number of aromatic carboxylic acids is 1. The predicted octanol–water partition coefficient (Wildman–Crippen LogP) is 2.11. The summed E-state index contributed by atoms with van der Waals surface area (Å²) in [5.74, 6) is -0.746. The lowest BCUT2D eigenvalue weighted by molar-refractivity contribution is 0.0696. The molecule has 6 nitrogen and oxygen atoms in total. The number of hydrogen-bond acceptors (Lipinski definition) is 5. The van der Waals surface area contributed by atoms with Crippen molar-refractivity contribution in [3.63, 3.8) is 0 Å². The van der Waals surface area contributed by atoms with Crippen molar-refractivity contribution in [2.24, 2.45) is 0 Å². The van der Waals surface area contributed by atoms with Gasteiger partial charge in [-0.25, -0.2) is 4.79 Å². The number of carboxylic acids is 1. The Balaban J connectivity index is 2.26. The molecular formula is C14H16N4O2. The van der Waals surface area contributed by atoms with Crippen LogP contribution in [0, 0.1) is 20.8 Å². The lowest BCUT2D eigenvalue weighted by Crippen LogP contribution is -2.13. The van der Waals surface area contributed by atoms with Gasteiger partial charge in [-0.1, -0.05) is 6.07 Å². The Bertz CT molecular complexity index is 656. The number of rotatable bonds is 4. The van der Waals surface area contributed by atoms with Gasteiger partial charge in [-0.15, -0.1) is 5.10 Å². The number of aryl methyl sites for hydroxylation is 2. The van der Waals surface area contributed by atoms with Crippen LogP contribution in [0.15, 0.2) is 18.2 Å². The second-order valence-electron chi connectivity index (χ2n) is 4.56. The van der Waals surface area contributed by atoms with E-state index in [1.165, 1.54) is 0 Å². The molecule has 2 aromatic heterocycles. The first-order chi connectivity index (χ1) is 9.49. The maximum Gasteiger partial charge on any atom is 0.339 e. The lowest BCUT2D eigenvalue weighted by atomic mass is 10.1. The summed E-state index contributed by atoms with van der Waals surface area (Å²) in [6.07, 6.45) is 0. The fourth-order valence-corrected chi connectivity index (χ4v) is 1.87. The highest BCUT2D eigenvalue weighted by Gasteiger charge is 2.17. The van der Waals surface area contributed by atoms with Crippen molar-refractivity contribution in [1.29, 1.82) is 0 Å². The van der Waals surface area contributed by atoms with Crippen LogP contribution < -0.4 is 5.32 Å². The molecule has 0 saturated carbocycles. The maximum atomic E-state index is 11.3. The van der Waals surface area contributed by atoms with Crippen LogP contribution in [0.4, 0.5) is 5.82 Å². The molecule has 20 heavy (non-hydrogen) atoms. The van der Waals surface area contributed by atoms with Crippen LogP contribution in [-0.4, -0.2) is 26.3 Å². The summed E-state index contributed by atoms with van der Waals surface area (Å²) in [5.41, 5.74) is 3.12. The van der Waals surface area contributed by atoms with Crippen molar-refractivity contribution in [2.45, 2.75) is 27.3 Å². The maximum absolute atomic E-state index is 11.3. The highest BCUT2D eigenvalue weighted by molar-refractivity contribution is 5.94. The van der Waals surface area contributed by atoms with Gasteiger partial charge in [0.2, 0.25) is 0 Å². The van der Waals surface area contributed by atoms with Crippen LogP contribution in [0.25, 0.3) is 0 Å². The molecule has 0 amide bonds. The van der Waals surface area contributed by atoms with Gasteiger partial charge in [0.1, 0.15) is 5.56 Å². The second-order valence-corrected chi connectivity index (χ2v) is 4.56. The van der Waals surface area contributed by atoms with E-state index in [1.807, 2.05) is 25.1 Å². The molecule has 0 aliphatic rings. The molecule has 6 heteroatoms. The van der Waals surface area contributed by atoms with Gasteiger partial charge in [0.15, 0.2) is 5.82 Å². The average Bonchev–Trinajstić information content (AvgIpc) is 2.39. The molecule has 0 aliphatic heterocycles. The smallest absolute Gasteiger partial charge is 0.339 e. The van der Waals surface area contributed by atoms with Crippen LogP contribution in [-0.2, 0) is 6.54 Å². The number of pyridine rings is 1. The molecule has 0 spiro atoms. The normalized spacial score (nSPS) is 10.3. The van der Waals surface area contributed by atoms with Gasteiger partial charge in [0.25, 0.3) is 0 Å².